The molecule has 0 spiro atoms. The molecule has 4 amide bonds. The molecule has 14 heteroatoms. The molecule has 5 aromatic rings. The molecule has 1 unspecified atom stereocenters. The highest BCUT2D eigenvalue weighted by atomic mass is 35.5. The maximum atomic E-state index is 13.4. The number of thiophene rings is 1. The fraction of sp³-hybridized carbons (Fsp3) is 0.282. The van der Waals surface area contributed by atoms with E-state index < -0.39 is 29.7 Å². The van der Waals surface area contributed by atoms with E-state index in [-0.39, 0.29) is 12.8 Å². The van der Waals surface area contributed by atoms with Crippen LogP contribution in [-0.2, 0) is 29.1 Å². The summed E-state index contributed by atoms with van der Waals surface area (Å²) in [4.78, 5) is 62.0. The summed E-state index contributed by atoms with van der Waals surface area (Å²) in [6.45, 7) is 5.18. The lowest BCUT2D eigenvalue weighted by molar-refractivity contribution is -0.136. The second-order valence-corrected chi connectivity index (χ2v) is 14.7. The number of imidazole rings is 1. The van der Waals surface area contributed by atoms with E-state index in [4.69, 9.17) is 16.6 Å². The molecule has 3 aliphatic rings. The standard InChI is InChI=1S/C39H33ClN8O4S/c1-22-30(53-39-33(22)35(25-10-12-26(40)13-11-25)41-19-31-45-44-23(2)47(31)39)16-14-27-20-46(21-42-27)18-5-3-4-7-24-8-6-9-28-34(24)38(52)48(37(28)51)29-15-17-32(49)43-36(29)50/h6,8-13,20-21,29H,3-5,7,15,17-19H2,1-2H3,(H,43,49,50). The number of nitrogens with one attached hydrogen (secondary N) is 1. The number of hydrogen-bond donors (Lipinski definition) is 1. The number of amides is 4. The summed E-state index contributed by atoms with van der Waals surface area (Å²) >= 11 is 7.79. The van der Waals surface area contributed by atoms with Gasteiger partial charge in [0.25, 0.3) is 11.8 Å². The number of halogens is 1. The van der Waals surface area contributed by atoms with Crippen LogP contribution in [0.3, 0.4) is 0 Å². The lowest BCUT2D eigenvalue weighted by Crippen LogP contribution is -2.54. The molecule has 3 aliphatic heterocycles. The van der Waals surface area contributed by atoms with Crippen LogP contribution in [0, 0.1) is 25.7 Å². The second-order valence-electron chi connectivity index (χ2n) is 13.3. The third kappa shape index (κ3) is 6.38. The quantitative estimate of drug-likeness (QED) is 0.128. The maximum absolute atomic E-state index is 13.4. The van der Waals surface area contributed by atoms with Crippen molar-refractivity contribution in [1.82, 2.24) is 34.5 Å². The van der Waals surface area contributed by atoms with Crippen LogP contribution in [0.15, 0.2) is 60.0 Å². The van der Waals surface area contributed by atoms with Gasteiger partial charge in [-0.2, -0.15) is 0 Å². The van der Waals surface area contributed by atoms with Gasteiger partial charge in [-0.1, -0.05) is 42.3 Å². The summed E-state index contributed by atoms with van der Waals surface area (Å²) in [7, 11) is 0. The van der Waals surface area contributed by atoms with Crippen LogP contribution in [0.25, 0.3) is 5.00 Å². The average molecular weight is 745 g/mol. The van der Waals surface area contributed by atoms with E-state index in [1.807, 2.05) is 48.0 Å². The zero-order valence-electron chi connectivity index (χ0n) is 29.0. The SMILES string of the molecule is Cc1c(C#Cc2cn(CCCCCc3cccc4c3C(=O)N(C3CCC(=O)NC3=O)C4=O)cn2)sc2c1C(c1ccc(Cl)cc1)=NCc1nnc(C)n1-2. The van der Waals surface area contributed by atoms with Crippen LogP contribution in [0.5, 0.6) is 0 Å². The molecule has 2 aromatic carbocycles. The van der Waals surface area contributed by atoms with Gasteiger partial charge in [0.1, 0.15) is 29.1 Å². The average Bonchev–Trinajstić information content (AvgIpc) is 3.87. The minimum atomic E-state index is -0.975. The van der Waals surface area contributed by atoms with Crippen molar-refractivity contribution in [3.63, 3.8) is 0 Å². The number of imide groups is 2. The van der Waals surface area contributed by atoms with Gasteiger partial charge in [-0.15, -0.1) is 21.5 Å². The molecule has 0 bridgehead atoms. The van der Waals surface area contributed by atoms with Gasteiger partial charge in [-0.05, 0) is 80.7 Å². The number of carbonyl (C=O) groups excluding carboxylic acids is 4. The molecule has 0 saturated carbocycles. The van der Waals surface area contributed by atoms with Gasteiger partial charge in [0.2, 0.25) is 11.8 Å². The zero-order valence-corrected chi connectivity index (χ0v) is 30.6. The fourth-order valence-corrected chi connectivity index (χ4v) is 8.50. The van der Waals surface area contributed by atoms with E-state index in [1.165, 1.54) is 0 Å². The van der Waals surface area contributed by atoms with Crippen LogP contribution < -0.4 is 5.32 Å². The molecule has 53 heavy (non-hydrogen) atoms. The van der Waals surface area contributed by atoms with Gasteiger partial charge < -0.3 is 4.57 Å². The molecule has 1 saturated heterocycles. The monoisotopic (exact) mass is 744 g/mol. The van der Waals surface area contributed by atoms with Crippen LogP contribution in [0.1, 0.15) is 97.3 Å². The number of fused-ring (bicyclic) bond motifs is 4. The minimum absolute atomic E-state index is 0.0888. The molecule has 8 rings (SSSR count). The molecule has 6 heterocycles. The Hall–Kier alpha value is -5.71. The smallest absolute Gasteiger partial charge is 0.262 e. The molecule has 0 aliphatic carbocycles. The third-order valence-corrected chi connectivity index (χ3v) is 11.3. The lowest BCUT2D eigenvalue weighted by atomic mass is 9.98. The van der Waals surface area contributed by atoms with E-state index >= 15 is 0 Å². The Morgan fingerprint density at radius 3 is 2.60 bits per heavy atom. The fourth-order valence-electron chi connectivity index (χ4n) is 7.15. The zero-order chi connectivity index (χ0) is 36.8. The lowest BCUT2D eigenvalue weighted by Gasteiger charge is -2.27. The Balaban J connectivity index is 0.916. The highest BCUT2D eigenvalue weighted by Crippen LogP contribution is 2.37. The Bertz CT molecular complexity index is 2430. The van der Waals surface area contributed by atoms with Crippen molar-refractivity contribution in [3.05, 3.63) is 116 Å². The summed E-state index contributed by atoms with van der Waals surface area (Å²) in [5.41, 5.74) is 6.03. The minimum Gasteiger partial charge on any atom is -0.336 e. The topological polar surface area (TPSA) is 144 Å². The Morgan fingerprint density at radius 1 is 0.962 bits per heavy atom. The summed E-state index contributed by atoms with van der Waals surface area (Å²) < 4.78 is 4.09. The van der Waals surface area contributed by atoms with Gasteiger partial charge in [0, 0.05) is 35.3 Å². The summed E-state index contributed by atoms with van der Waals surface area (Å²) in [6.07, 6.45) is 7.17. The molecular weight excluding hydrogens is 712 g/mol. The van der Waals surface area contributed by atoms with E-state index in [0.717, 1.165) is 80.2 Å². The second kappa shape index (κ2) is 14.0. The Labute approximate surface area is 313 Å². The van der Waals surface area contributed by atoms with Crippen molar-refractivity contribution in [2.45, 2.75) is 71.5 Å². The Morgan fingerprint density at radius 2 is 1.79 bits per heavy atom. The summed E-state index contributed by atoms with van der Waals surface area (Å²) in [5.74, 6) is 6.23. The molecule has 266 valence electrons. The van der Waals surface area contributed by atoms with Gasteiger partial charge in [-0.25, -0.2) is 4.98 Å². The van der Waals surface area contributed by atoms with Gasteiger partial charge in [-0.3, -0.25) is 39.0 Å². The van der Waals surface area contributed by atoms with Crippen LogP contribution >= 0.6 is 22.9 Å². The molecular formula is C39H33ClN8O4S. The third-order valence-electron chi connectivity index (χ3n) is 9.81. The molecule has 1 fully saturated rings. The number of nitrogens with zero attached hydrogens (tertiary/aromatic N) is 7. The van der Waals surface area contributed by atoms with Crippen molar-refractivity contribution in [3.8, 4) is 16.8 Å². The number of unbranched alkanes of at least 4 members (excludes halogenated alkanes) is 2. The van der Waals surface area contributed by atoms with Crippen molar-refractivity contribution in [2.24, 2.45) is 4.99 Å². The van der Waals surface area contributed by atoms with E-state index in [9.17, 15) is 19.2 Å². The number of aromatic nitrogens is 5. The first-order chi connectivity index (χ1) is 25.7. The maximum Gasteiger partial charge on any atom is 0.262 e. The highest BCUT2D eigenvalue weighted by molar-refractivity contribution is 7.15. The van der Waals surface area contributed by atoms with Crippen LogP contribution in [0.4, 0.5) is 0 Å². The molecule has 0 radical (unpaired) electrons. The van der Waals surface area contributed by atoms with Gasteiger partial charge in [0.15, 0.2) is 5.82 Å². The van der Waals surface area contributed by atoms with Crippen molar-refractivity contribution < 1.29 is 19.2 Å². The van der Waals surface area contributed by atoms with Crippen LogP contribution in [0.2, 0.25) is 5.02 Å². The normalized spacial score (nSPS) is 16.4. The number of hydrogen-bond acceptors (Lipinski definition) is 9. The predicted octanol–water partition coefficient (Wildman–Crippen LogP) is 5.36. The first-order valence-electron chi connectivity index (χ1n) is 17.4. The van der Waals surface area contributed by atoms with E-state index in [0.29, 0.717) is 34.8 Å². The number of piperidine rings is 1. The summed E-state index contributed by atoms with van der Waals surface area (Å²) in [6, 6.07) is 12.0. The van der Waals surface area contributed by atoms with Crippen molar-refractivity contribution >= 4 is 52.3 Å². The van der Waals surface area contributed by atoms with Gasteiger partial charge in [0.05, 0.1) is 28.0 Å². The first kappa shape index (κ1) is 34.4. The summed E-state index contributed by atoms with van der Waals surface area (Å²) in [5, 5.41) is 12.6. The number of rotatable bonds is 8. The molecule has 1 atom stereocenters. The number of carbonyl (C=O) groups is 4. The van der Waals surface area contributed by atoms with Crippen molar-refractivity contribution in [1.29, 1.82) is 0 Å². The van der Waals surface area contributed by atoms with Gasteiger partial charge >= 0.3 is 0 Å². The molecule has 1 N–H and O–H groups in total. The number of aliphatic imine (C=N–C) groups is 1. The number of benzene rings is 2. The molecule has 3 aromatic heterocycles. The first-order valence-corrected chi connectivity index (χ1v) is 18.6. The van der Waals surface area contributed by atoms with Crippen molar-refractivity contribution in [2.75, 3.05) is 0 Å². The number of aryl methyl sites for hydroxylation is 3. The highest BCUT2D eigenvalue weighted by Gasteiger charge is 2.45. The van der Waals surface area contributed by atoms with Crippen LogP contribution in [-0.4, -0.2) is 64.6 Å². The molecule has 12 nitrogen and oxygen atoms in total. The van der Waals surface area contributed by atoms with E-state index in [1.54, 1.807) is 29.8 Å². The largest absolute Gasteiger partial charge is 0.336 e. The van der Waals surface area contributed by atoms with E-state index in [2.05, 4.69) is 43.8 Å². The Kier molecular flexibility index (Phi) is 9.10. The predicted molar refractivity (Wildman–Crippen MR) is 198 cm³/mol.